The smallest absolute Gasteiger partial charge is 0.273 e. The van der Waals surface area contributed by atoms with Crippen molar-refractivity contribution in [2.45, 2.75) is 20.0 Å². The van der Waals surface area contributed by atoms with E-state index < -0.39 is 10.8 Å². The molecule has 1 N–H and O–H groups in total. The maximum absolute atomic E-state index is 12.2. The first-order chi connectivity index (χ1) is 16.0. The molecule has 0 aliphatic carbocycles. The van der Waals surface area contributed by atoms with E-state index in [-0.39, 0.29) is 12.1 Å². The third-order valence-electron chi connectivity index (χ3n) is 4.50. The third-order valence-corrected chi connectivity index (χ3v) is 4.78. The van der Waals surface area contributed by atoms with Gasteiger partial charge in [0.05, 0.1) is 29.2 Å². The van der Waals surface area contributed by atoms with Crippen molar-refractivity contribution in [1.29, 1.82) is 0 Å². The van der Waals surface area contributed by atoms with Gasteiger partial charge in [-0.15, -0.1) is 0 Å². The van der Waals surface area contributed by atoms with Crippen LogP contribution in [-0.4, -0.2) is 23.7 Å². The molecule has 0 atom stereocenters. The molecule has 0 heterocycles. The van der Waals surface area contributed by atoms with Crippen LogP contribution in [0.5, 0.6) is 11.5 Å². The van der Waals surface area contributed by atoms with Crippen LogP contribution in [-0.2, 0) is 17.8 Å². The Morgan fingerprint density at radius 3 is 2.58 bits per heavy atom. The molecule has 3 rings (SSSR count). The van der Waals surface area contributed by atoms with E-state index in [0.717, 1.165) is 5.56 Å². The second-order valence-corrected chi connectivity index (χ2v) is 7.30. The van der Waals surface area contributed by atoms with Crippen LogP contribution in [0.2, 0.25) is 5.02 Å². The summed E-state index contributed by atoms with van der Waals surface area (Å²) in [6.07, 6.45) is 1.23. The lowest BCUT2D eigenvalue weighted by Crippen LogP contribution is -2.20. The van der Waals surface area contributed by atoms with Crippen molar-refractivity contribution in [2.75, 3.05) is 6.61 Å². The lowest BCUT2D eigenvalue weighted by atomic mass is 10.1. The number of hydrazone groups is 1. The molecule has 0 aliphatic rings. The molecule has 33 heavy (non-hydrogen) atoms. The number of nitro groups is 1. The number of nitrogens with one attached hydrogen (secondary N) is 1. The number of carbonyl (C=O) groups is 1. The fourth-order valence-electron chi connectivity index (χ4n) is 3.02. The maximum atomic E-state index is 12.2. The quantitative estimate of drug-likeness (QED) is 0.259. The fraction of sp³-hybridized carbons (Fsp3) is 0.167. The normalized spacial score (nSPS) is 10.7. The Bertz CT molecular complexity index is 1150. The van der Waals surface area contributed by atoms with Crippen molar-refractivity contribution in [2.24, 2.45) is 5.10 Å². The Labute approximate surface area is 195 Å². The van der Waals surface area contributed by atoms with Gasteiger partial charge in [0.15, 0.2) is 11.5 Å². The van der Waals surface area contributed by atoms with Crippen molar-refractivity contribution in [1.82, 2.24) is 5.43 Å². The molecule has 0 saturated heterocycles. The number of ether oxygens (including phenoxy) is 2. The molecule has 0 saturated carbocycles. The number of halogens is 1. The average Bonchev–Trinajstić information content (AvgIpc) is 2.79. The van der Waals surface area contributed by atoms with Crippen LogP contribution in [0.25, 0.3) is 0 Å². The van der Waals surface area contributed by atoms with Gasteiger partial charge in [0, 0.05) is 11.6 Å². The highest BCUT2D eigenvalue weighted by Crippen LogP contribution is 2.37. The fourth-order valence-corrected chi connectivity index (χ4v) is 3.30. The first-order valence-electron chi connectivity index (χ1n) is 10.1. The van der Waals surface area contributed by atoms with E-state index in [1.807, 2.05) is 37.3 Å². The molecule has 170 valence electrons. The van der Waals surface area contributed by atoms with Crippen molar-refractivity contribution < 1.29 is 19.2 Å². The largest absolute Gasteiger partial charge is 0.490 e. The van der Waals surface area contributed by atoms with Crippen molar-refractivity contribution in [3.05, 3.63) is 98.6 Å². The van der Waals surface area contributed by atoms with Gasteiger partial charge in [-0.1, -0.05) is 60.1 Å². The molecular formula is C24H22ClN3O5. The number of amides is 1. The number of hydrogen-bond acceptors (Lipinski definition) is 6. The minimum absolute atomic E-state index is 0.115. The second kappa shape index (κ2) is 11.6. The Kier molecular flexibility index (Phi) is 8.37. The number of nitro benzene ring substituents is 1. The zero-order valence-corrected chi connectivity index (χ0v) is 18.6. The van der Waals surface area contributed by atoms with Gasteiger partial charge in [0.25, 0.3) is 5.69 Å². The molecule has 0 aromatic heterocycles. The van der Waals surface area contributed by atoms with E-state index in [9.17, 15) is 14.9 Å². The lowest BCUT2D eigenvalue weighted by molar-refractivity contribution is -0.385. The highest BCUT2D eigenvalue weighted by Gasteiger charge is 2.15. The monoisotopic (exact) mass is 467 g/mol. The standard InChI is InChI=1S/C24H22ClN3O5/c1-2-32-22-13-18(12-20(25)24(22)33-16-17-8-4-3-5-9-17)15-26-27-23(29)14-19-10-6-7-11-21(19)28(30)31/h3-13,15H,2,14,16H2,1H3,(H,27,29)/b26-15+. The number of benzene rings is 3. The van der Waals surface area contributed by atoms with E-state index in [1.165, 1.54) is 18.3 Å². The minimum Gasteiger partial charge on any atom is -0.490 e. The van der Waals surface area contributed by atoms with Crippen LogP contribution in [0.4, 0.5) is 5.69 Å². The van der Waals surface area contributed by atoms with E-state index in [0.29, 0.717) is 40.9 Å². The van der Waals surface area contributed by atoms with Gasteiger partial charge in [-0.25, -0.2) is 5.43 Å². The Balaban J connectivity index is 1.67. The van der Waals surface area contributed by atoms with Gasteiger partial charge < -0.3 is 9.47 Å². The van der Waals surface area contributed by atoms with E-state index in [1.54, 1.807) is 24.3 Å². The summed E-state index contributed by atoms with van der Waals surface area (Å²) in [7, 11) is 0. The summed E-state index contributed by atoms with van der Waals surface area (Å²) < 4.78 is 11.5. The van der Waals surface area contributed by atoms with Crippen LogP contribution in [0.3, 0.4) is 0 Å². The summed E-state index contributed by atoms with van der Waals surface area (Å²) in [4.78, 5) is 22.7. The molecule has 0 spiro atoms. The van der Waals surface area contributed by atoms with Crippen LogP contribution >= 0.6 is 11.6 Å². The highest BCUT2D eigenvalue weighted by atomic mass is 35.5. The summed E-state index contributed by atoms with van der Waals surface area (Å²) in [5, 5.41) is 15.3. The number of carbonyl (C=O) groups excluding carboxylic acids is 1. The van der Waals surface area contributed by atoms with Gasteiger partial charge in [0.2, 0.25) is 5.91 Å². The summed E-state index contributed by atoms with van der Waals surface area (Å²) in [6, 6.07) is 19.1. The zero-order chi connectivity index (χ0) is 23.6. The summed E-state index contributed by atoms with van der Waals surface area (Å²) in [5.74, 6) is 0.382. The SMILES string of the molecule is CCOc1cc(/C=N/NC(=O)Cc2ccccc2[N+](=O)[O-])cc(Cl)c1OCc1ccccc1. The van der Waals surface area contributed by atoms with Gasteiger partial charge in [-0.05, 0) is 30.2 Å². The van der Waals surface area contributed by atoms with Crippen molar-refractivity contribution >= 4 is 29.4 Å². The first-order valence-corrected chi connectivity index (χ1v) is 10.5. The Morgan fingerprint density at radius 2 is 1.85 bits per heavy atom. The average molecular weight is 468 g/mol. The van der Waals surface area contributed by atoms with Gasteiger partial charge in [-0.3, -0.25) is 14.9 Å². The van der Waals surface area contributed by atoms with Gasteiger partial charge >= 0.3 is 0 Å². The first kappa shape index (κ1) is 23.7. The molecule has 0 fully saturated rings. The number of nitrogens with zero attached hydrogens (tertiary/aromatic N) is 2. The van der Waals surface area contributed by atoms with Crippen molar-refractivity contribution in [3.8, 4) is 11.5 Å². The van der Waals surface area contributed by atoms with Crippen LogP contribution in [0, 0.1) is 10.1 Å². The molecular weight excluding hydrogens is 446 g/mol. The van der Waals surface area contributed by atoms with Gasteiger partial charge in [-0.2, -0.15) is 5.10 Å². The van der Waals surface area contributed by atoms with Crippen LogP contribution < -0.4 is 14.9 Å². The van der Waals surface area contributed by atoms with E-state index >= 15 is 0 Å². The van der Waals surface area contributed by atoms with E-state index in [2.05, 4.69) is 10.5 Å². The molecule has 3 aromatic rings. The topological polar surface area (TPSA) is 103 Å². The minimum atomic E-state index is -0.523. The van der Waals surface area contributed by atoms with Crippen LogP contribution in [0.1, 0.15) is 23.6 Å². The van der Waals surface area contributed by atoms with Crippen LogP contribution in [0.15, 0.2) is 71.8 Å². The number of para-hydroxylation sites is 1. The molecule has 0 bridgehead atoms. The van der Waals surface area contributed by atoms with Gasteiger partial charge in [0.1, 0.15) is 6.61 Å². The maximum Gasteiger partial charge on any atom is 0.273 e. The summed E-state index contributed by atoms with van der Waals surface area (Å²) in [6.45, 7) is 2.58. The highest BCUT2D eigenvalue weighted by molar-refractivity contribution is 6.32. The number of rotatable bonds is 10. The molecule has 0 radical (unpaired) electrons. The molecule has 1 amide bonds. The third kappa shape index (κ3) is 6.78. The molecule has 8 nitrogen and oxygen atoms in total. The Morgan fingerprint density at radius 1 is 1.12 bits per heavy atom. The summed E-state index contributed by atoms with van der Waals surface area (Å²) in [5.41, 5.74) is 4.13. The molecule has 0 unspecified atom stereocenters. The lowest BCUT2D eigenvalue weighted by Gasteiger charge is -2.14. The molecule has 9 heteroatoms. The second-order valence-electron chi connectivity index (χ2n) is 6.89. The number of hydrogen-bond donors (Lipinski definition) is 1. The predicted octanol–water partition coefficient (Wildman–Crippen LogP) is 4.92. The predicted molar refractivity (Wildman–Crippen MR) is 126 cm³/mol. The molecule has 0 aliphatic heterocycles. The van der Waals surface area contributed by atoms with E-state index in [4.69, 9.17) is 21.1 Å². The zero-order valence-electron chi connectivity index (χ0n) is 17.9. The molecule has 3 aromatic carbocycles. The summed E-state index contributed by atoms with van der Waals surface area (Å²) >= 11 is 6.41. The van der Waals surface area contributed by atoms with Crippen molar-refractivity contribution in [3.63, 3.8) is 0 Å². The Hall–Kier alpha value is -3.91.